The molecule has 4 N–H and O–H groups in total. The normalized spacial score (nSPS) is 32.6. The van der Waals surface area contributed by atoms with Crippen molar-refractivity contribution in [1.82, 2.24) is 4.90 Å². The van der Waals surface area contributed by atoms with Crippen LogP contribution >= 0.6 is 0 Å². The van der Waals surface area contributed by atoms with E-state index in [9.17, 15) is 9.59 Å². The Labute approximate surface area is 171 Å². The lowest BCUT2D eigenvalue weighted by molar-refractivity contribution is -0.142. The SMILES string of the molecule is N=C(C1=CCC(C(=O)O)CC1)C1=C(N)CC(C(=O)N2CCC3(CCOC3)C2)CC1. The second-order valence-corrected chi connectivity index (χ2v) is 9.17. The summed E-state index contributed by atoms with van der Waals surface area (Å²) in [5, 5.41) is 17.7. The van der Waals surface area contributed by atoms with Crippen molar-refractivity contribution < 1.29 is 19.4 Å². The number of carbonyl (C=O) groups excluding carboxylic acids is 1. The zero-order chi connectivity index (χ0) is 20.6. The quantitative estimate of drug-likeness (QED) is 0.626. The van der Waals surface area contributed by atoms with Crippen LogP contribution in [0.25, 0.3) is 0 Å². The lowest BCUT2D eigenvalue weighted by atomic mass is 9.80. The highest BCUT2D eigenvalue weighted by Crippen LogP contribution is 2.40. The Morgan fingerprint density at radius 1 is 1.24 bits per heavy atom. The van der Waals surface area contributed by atoms with E-state index in [4.69, 9.17) is 21.0 Å². The number of nitrogens with one attached hydrogen (secondary N) is 1. The molecule has 2 saturated heterocycles. The number of aliphatic carboxylic acids is 1. The Kier molecular flexibility index (Phi) is 5.51. The van der Waals surface area contributed by atoms with Crippen molar-refractivity contribution in [3.05, 3.63) is 22.9 Å². The van der Waals surface area contributed by atoms with Crippen LogP contribution in [0.1, 0.15) is 51.4 Å². The van der Waals surface area contributed by atoms with Crippen molar-refractivity contribution >= 4 is 17.6 Å². The highest BCUT2D eigenvalue weighted by Gasteiger charge is 2.44. The van der Waals surface area contributed by atoms with Gasteiger partial charge in [-0.05, 0) is 62.5 Å². The minimum absolute atomic E-state index is 0.0965. The van der Waals surface area contributed by atoms with Crippen LogP contribution < -0.4 is 5.73 Å². The molecule has 29 heavy (non-hydrogen) atoms. The molecule has 0 bridgehead atoms. The molecular weight excluding hydrogens is 370 g/mol. The van der Waals surface area contributed by atoms with Gasteiger partial charge in [-0.15, -0.1) is 0 Å². The van der Waals surface area contributed by atoms with Gasteiger partial charge in [0.05, 0.1) is 18.2 Å². The van der Waals surface area contributed by atoms with Crippen molar-refractivity contribution in [3.63, 3.8) is 0 Å². The van der Waals surface area contributed by atoms with Crippen LogP contribution in [0.2, 0.25) is 0 Å². The first-order chi connectivity index (χ1) is 13.9. The second-order valence-electron chi connectivity index (χ2n) is 9.17. The lowest BCUT2D eigenvalue weighted by Crippen LogP contribution is -2.38. The summed E-state index contributed by atoms with van der Waals surface area (Å²) in [5.41, 5.74) is 9.33. The van der Waals surface area contributed by atoms with Crippen molar-refractivity contribution in [2.45, 2.75) is 51.4 Å². The maximum absolute atomic E-state index is 13.1. The van der Waals surface area contributed by atoms with Gasteiger partial charge >= 0.3 is 5.97 Å². The molecule has 0 aromatic heterocycles. The summed E-state index contributed by atoms with van der Waals surface area (Å²) in [6.45, 7) is 3.17. The first-order valence-corrected chi connectivity index (χ1v) is 10.7. The number of likely N-dealkylation sites (tertiary alicyclic amines) is 1. The first kappa shape index (κ1) is 20.1. The van der Waals surface area contributed by atoms with Gasteiger partial charge < -0.3 is 25.9 Å². The first-order valence-electron chi connectivity index (χ1n) is 10.7. The van der Waals surface area contributed by atoms with Gasteiger partial charge in [0, 0.05) is 36.7 Å². The van der Waals surface area contributed by atoms with Gasteiger partial charge in [0.2, 0.25) is 5.91 Å². The van der Waals surface area contributed by atoms with Crippen LogP contribution in [-0.2, 0) is 14.3 Å². The number of carboxylic acid groups (broad SMARTS) is 1. The fourth-order valence-corrected chi connectivity index (χ4v) is 5.30. The molecule has 3 atom stereocenters. The predicted molar refractivity (Wildman–Crippen MR) is 108 cm³/mol. The van der Waals surface area contributed by atoms with Crippen LogP contribution in [0.15, 0.2) is 22.9 Å². The number of hydrogen-bond acceptors (Lipinski definition) is 5. The summed E-state index contributed by atoms with van der Waals surface area (Å²) in [6.07, 6.45) is 7.48. The second kappa shape index (κ2) is 7.94. The lowest BCUT2D eigenvalue weighted by Gasteiger charge is -2.30. The molecule has 0 saturated carbocycles. The zero-order valence-corrected chi connectivity index (χ0v) is 16.9. The van der Waals surface area contributed by atoms with E-state index in [1.54, 1.807) is 0 Å². The number of nitrogens with zero attached hydrogens (tertiary/aromatic N) is 1. The van der Waals surface area contributed by atoms with E-state index in [2.05, 4.69) is 0 Å². The Morgan fingerprint density at radius 3 is 2.66 bits per heavy atom. The fourth-order valence-electron chi connectivity index (χ4n) is 5.30. The van der Waals surface area contributed by atoms with E-state index in [0.717, 1.165) is 56.7 Å². The number of amides is 1. The summed E-state index contributed by atoms with van der Waals surface area (Å²) in [5.74, 6) is -1.01. The Balaban J connectivity index is 1.38. The monoisotopic (exact) mass is 401 g/mol. The molecule has 4 aliphatic rings. The molecule has 3 unspecified atom stereocenters. The summed E-state index contributed by atoms with van der Waals surface area (Å²) in [4.78, 5) is 26.2. The van der Waals surface area contributed by atoms with Gasteiger partial charge in [-0.3, -0.25) is 9.59 Å². The number of carbonyl (C=O) groups is 2. The molecule has 1 amide bonds. The fraction of sp³-hybridized carbons (Fsp3) is 0.682. The molecule has 1 spiro atoms. The van der Waals surface area contributed by atoms with E-state index in [-0.39, 0.29) is 23.2 Å². The van der Waals surface area contributed by atoms with Gasteiger partial charge in [0.15, 0.2) is 0 Å². The number of carboxylic acids is 1. The minimum atomic E-state index is -0.766. The van der Waals surface area contributed by atoms with Crippen LogP contribution in [0, 0.1) is 22.7 Å². The molecule has 0 radical (unpaired) electrons. The summed E-state index contributed by atoms with van der Waals surface area (Å²) in [6, 6.07) is 0. The Bertz CT molecular complexity index is 779. The van der Waals surface area contributed by atoms with Crippen molar-refractivity contribution in [2.24, 2.45) is 23.0 Å². The predicted octanol–water partition coefficient (Wildman–Crippen LogP) is 2.47. The van der Waals surface area contributed by atoms with Crippen molar-refractivity contribution in [3.8, 4) is 0 Å². The third-order valence-corrected chi connectivity index (χ3v) is 7.26. The highest BCUT2D eigenvalue weighted by molar-refractivity contribution is 6.11. The zero-order valence-electron chi connectivity index (χ0n) is 16.9. The standard InChI is InChI=1S/C22H31N3O4/c23-18-11-16(20(26)25-9-7-22(12-25)8-10-29-13-22)5-6-17(18)19(24)14-1-3-15(4-2-14)21(27)28/h1,15-16,24H,2-13,23H2,(H,27,28). The summed E-state index contributed by atoms with van der Waals surface area (Å²) < 4.78 is 5.56. The van der Waals surface area contributed by atoms with Gasteiger partial charge in [0.1, 0.15) is 0 Å². The molecule has 7 nitrogen and oxygen atoms in total. The molecule has 7 heteroatoms. The van der Waals surface area contributed by atoms with Gasteiger partial charge in [-0.2, -0.15) is 0 Å². The number of nitrogens with two attached hydrogens (primary N) is 1. The van der Waals surface area contributed by atoms with Gasteiger partial charge in [-0.1, -0.05) is 6.08 Å². The third-order valence-electron chi connectivity index (χ3n) is 7.26. The number of hydrogen-bond donors (Lipinski definition) is 3. The smallest absolute Gasteiger partial charge is 0.306 e. The molecule has 2 heterocycles. The number of allylic oxidation sites excluding steroid dienone is 4. The number of rotatable bonds is 4. The number of ether oxygens (including phenoxy) is 1. The molecule has 0 aromatic rings. The average molecular weight is 402 g/mol. The molecule has 158 valence electrons. The minimum Gasteiger partial charge on any atom is -0.481 e. The topological polar surface area (TPSA) is 117 Å². The van der Waals surface area contributed by atoms with Crippen LogP contribution in [0.4, 0.5) is 0 Å². The van der Waals surface area contributed by atoms with Crippen molar-refractivity contribution in [1.29, 1.82) is 5.41 Å². The van der Waals surface area contributed by atoms with Crippen molar-refractivity contribution in [2.75, 3.05) is 26.3 Å². The largest absolute Gasteiger partial charge is 0.481 e. The molecule has 2 aliphatic heterocycles. The van der Waals surface area contributed by atoms with E-state index >= 15 is 0 Å². The Morgan fingerprint density at radius 2 is 2.03 bits per heavy atom. The Hall–Kier alpha value is -2.15. The van der Waals surface area contributed by atoms with E-state index in [0.29, 0.717) is 43.5 Å². The average Bonchev–Trinajstić information content (AvgIpc) is 3.37. The van der Waals surface area contributed by atoms with Crippen LogP contribution in [-0.4, -0.2) is 53.9 Å². The van der Waals surface area contributed by atoms with E-state index in [1.807, 2.05) is 11.0 Å². The summed E-state index contributed by atoms with van der Waals surface area (Å²) in [7, 11) is 0. The van der Waals surface area contributed by atoms with E-state index in [1.165, 1.54) is 0 Å². The highest BCUT2D eigenvalue weighted by atomic mass is 16.5. The van der Waals surface area contributed by atoms with Gasteiger partial charge in [0.25, 0.3) is 0 Å². The molecule has 4 rings (SSSR count). The molecular formula is C22H31N3O4. The maximum atomic E-state index is 13.1. The maximum Gasteiger partial charge on any atom is 0.306 e. The van der Waals surface area contributed by atoms with Crippen LogP contribution in [0.3, 0.4) is 0 Å². The van der Waals surface area contributed by atoms with E-state index < -0.39 is 5.97 Å². The van der Waals surface area contributed by atoms with Crippen LogP contribution in [0.5, 0.6) is 0 Å². The molecule has 2 aliphatic carbocycles. The molecule has 2 fully saturated rings. The van der Waals surface area contributed by atoms with Gasteiger partial charge in [-0.25, -0.2) is 0 Å². The summed E-state index contributed by atoms with van der Waals surface area (Å²) >= 11 is 0. The third kappa shape index (κ3) is 3.97. The molecule has 0 aromatic carbocycles.